The Bertz CT molecular complexity index is 1070. The Labute approximate surface area is 184 Å². The number of ether oxygens (including phenoxy) is 1. The third kappa shape index (κ3) is 3.81. The Morgan fingerprint density at radius 2 is 1.94 bits per heavy atom. The van der Waals surface area contributed by atoms with E-state index in [4.69, 9.17) is 9.84 Å². The van der Waals surface area contributed by atoms with Crippen molar-refractivity contribution in [1.29, 1.82) is 0 Å². The van der Waals surface area contributed by atoms with E-state index >= 15 is 0 Å². The average molecular weight is 442 g/mol. The molecule has 2 aliphatic rings. The van der Waals surface area contributed by atoms with E-state index < -0.39 is 42.3 Å². The van der Waals surface area contributed by atoms with Crippen molar-refractivity contribution in [1.82, 2.24) is 19.7 Å². The van der Waals surface area contributed by atoms with E-state index in [0.717, 1.165) is 15.8 Å². The molecule has 2 aliphatic heterocycles. The number of nitrogens with one attached hydrogen (secondary N) is 1. The van der Waals surface area contributed by atoms with Gasteiger partial charge in [-0.2, -0.15) is 0 Å². The molecular formula is C22H26N4O6. The minimum absolute atomic E-state index is 0.225. The molecule has 10 heteroatoms. The molecule has 32 heavy (non-hydrogen) atoms. The quantitative estimate of drug-likeness (QED) is 0.740. The zero-order valence-corrected chi connectivity index (χ0v) is 17.9. The van der Waals surface area contributed by atoms with Gasteiger partial charge in [0.1, 0.15) is 24.4 Å². The van der Waals surface area contributed by atoms with Gasteiger partial charge in [-0.1, -0.05) is 18.2 Å². The number of carbonyl (C=O) groups excluding carboxylic acids is 3. The van der Waals surface area contributed by atoms with Crippen molar-refractivity contribution in [2.24, 2.45) is 0 Å². The lowest BCUT2D eigenvalue weighted by molar-refractivity contribution is -0.143. The topological polar surface area (TPSA) is 121 Å². The van der Waals surface area contributed by atoms with E-state index in [1.54, 1.807) is 10.8 Å². The molecule has 0 saturated carbocycles. The Kier molecular flexibility index (Phi) is 5.88. The molecule has 2 N–H and O–H groups in total. The summed E-state index contributed by atoms with van der Waals surface area (Å²) in [6.45, 7) is 1.69. The number of para-hydroxylation sites is 1. The minimum atomic E-state index is -1.24. The Morgan fingerprint density at radius 3 is 2.69 bits per heavy atom. The fourth-order valence-corrected chi connectivity index (χ4v) is 4.31. The smallest absolute Gasteiger partial charge is 0.407 e. The van der Waals surface area contributed by atoms with Crippen LogP contribution in [0.4, 0.5) is 4.79 Å². The highest BCUT2D eigenvalue weighted by Gasteiger charge is 2.46. The first-order valence-electron chi connectivity index (χ1n) is 10.6. The molecule has 10 nitrogen and oxygen atoms in total. The van der Waals surface area contributed by atoms with Crippen LogP contribution in [0.15, 0.2) is 36.5 Å². The van der Waals surface area contributed by atoms with Gasteiger partial charge in [-0.15, -0.1) is 0 Å². The first-order chi connectivity index (χ1) is 15.3. The molecule has 1 aromatic carbocycles. The summed E-state index contributed by atoms with van der Waals surface area (Å²) in [4.78, 5) is 52.8. The second-order valence-electron chi connectivity index (χ2n) is 8.17. The van der Waals surface area contributed by atoms with Crippen molar-refractivity contribution in [3.63, 3.8) is 0 Å². The van der Waals surface area contributed by atoms with Crippen LogP contribution in [-0.2, 0) is 14.3 Å². The van der Waals surface area contributed by atoms with E-state index in [9.17, 15) is 19.2 Å². The molecule has 1 unspecified atom stereocenters. The van der Waals surface area contributed by atoms with Crippen LogP contribution < -0.4 is 5.32 Å². The summed E-state index contributed by atoms with van der Waals surface area (Å²) in [5.41, 5.74) is 0.763. The molecule has 2 aromatic rings. The predicted molar refractivity (Wildman–Crippen MR) is 114 cm³/mol. The van der Waals surface area contributed by atoms with Crippen LogP contribution in [-0.4, -0.2) is 81.3 Å². The molecule has 2 fully saturated rings. The van der Waals surface area contributed by atoms with Gasteiger partial charge in [0, 0.05) is 25.1 Å². The fraction of sp³-hybridized carbons (Fsp3) is 0.455. The van der Waals surface area contributed by atoms with Gasteiger partial charge < -0.3 is 20.1 Å². The van der Waals surface area contributed by atoms with Crippen LogP contribution in [0, 0.1) is 0 Å². The molecule has 0 radical (unpaired) electrons. The third-order valence-corrected chi connectivity index (χ3v) is 6.30. The number of benzene rings is 1. The van der Waals surface area contributed by atoms with E-state index in [-0.39, 0.29) is 18.9 Å². The average Bonchev–Trinajstić information content (AvgIpc) is 3.37. The Morgan fingerprint density at radius 1 is 1.19 bits per heavy atom. The monoisotopic (exact) mass is 442 g/mol. The molecule has 3 heterocycles. The van der Waals surface area contributed by atoms with Gasteiger partial charge in [-0.05, 0) is 31.9 Å². The lowest BCUT2D eigenvalue weighted by atomic mass is 10.1. The maximum Gasteiger partial charge on any atom is 0.407 e. The van der Waals surface area contributed by atoms with Gasteiger partial charge in [0.15, 0.2) is 0 Å². The molecule has 1 aromatic heterocycles. The van der Waals surface area contributed by atoms with Crippen molar-refractivity contribution in [2.75, 3.05) is 13.7 Å². The van der Waals surface area contributed by atoms with Crippen LogP contribution in [0.2, 0.25) is 0 Å². The number of rotatable bonds is 4. The molecule has 170 valence electrons. The van der Waals surface area contributed by atoms with Crippen molar-refractivity contribution in [3.8, 4) is 0 Å². The zero-order valence-electron chi connectivity index (χ0n) is 17.9. The summed E-state index contributed by atoms with van der Waals surface area (Å²) in [7, 11) is 1.29. The highest BCUT2D eigenvalue weighted by molar-refractivity contribution is 5.98. The van der Waals surface area contributed by atoms with E-state index in [1.165, 1.54) is 18.9 Å². The van der Waals surface area contributed by atoms with E-state index in [2.05, 4.69) is 5.32 Å². The van der Waals surface area contributed by atoms with Gasteiger partial charge in [-0.3, -0.25) is 23.9 Å². The number of carboxylic acid groups (broad SMARTS) is 1. The highest BCUT2D eigenvalue weighted by Crippen LogP contribution is 2.30. The number of hydrogen-bond acceptors (Lipinski definition) is 5. The second-order valence-corrected chi connectivity index (χ2v) is 8.17. The van der Waals surface area contributed by atoms with Crippen LogP contribution in [0.1, 0.15) is 31.0 Å². The van der Waals surface area contributed by atoms with Gasteiger partial charge in [0.25, 0.3) is 5.91 Å². The summed E-state index contributed by atoms with van der Waals surface area (Å²) >= 11 is 0. The number of aromatic nitrogens is 1. The predicted octanol–water partition coefficient (Wildman–Crippen LogP) is 1.50. The second kappa shape index (κ2) is 8.62. The lowest BCUT2D eigenvalue weighted by Crippen LogP contribution is -2.56. The first-order valence-corrected chi connectivity index (χ1v) is 10.6. The first kappa shape index (κ1) is 21.8. The molecular weight excluding hydrogens is 416 g/mol. The van der Waals surface area contributed by atoms with Crippen LogP contribution >= 0.6 is 0 Å². The number of fused-ring (bicyclic) bond motifs is 2. The summed E-state index contributed by atoms with van der Waals surface area (Å²) in [5, 5.41) is 12.7. The number of nitrogens with zero attached hydrogens (tertiary/aromatic N) is 3. The number of amides is 3. The number of hydrogen-bond donors (Lipinski definition) is 2. The maximum atomic E-state index is 13.4. The molecule has 3 amide bonds. The Balaban J connectivity index is 1.55. The molecule has 4 rings (SSSR count). The largest absolute Gasteiger partial charge is 0.465 e. The molecule has 4 atom stereocenters. The fourth-order valence-electron chi connectivity index (χ4n) is 4.31. The van der Waals surface area contributed by atoms with Crippen LogP contribution in [0.5, 0.6) is 0 Å². The van der Waals surface area contributed by atoms with Crippen molar-refractivity contribution in [3.05, 3.63) is 36.5 Å². The van der Waals surface area contributed by atoms with Crippen molar-refractivity contribution in [2.45, 2.75) is 50.5 Å². The standard InChI is InChI=1S/C22H26N4O6/c1-13(24(2)22(30)31)19(27)23-15-10-12-32-18-8-7-17(26(18)20(15)28)21(29)25-11-9-14-5-3-4-6-16(14)25/h3-6,9,11,13,15,17-18H,7-8,10,12H2,1-2H3,(H,23,27)(H,30,31)/t13-,15-,17?,18-/m0/s1. The molecule has 0 aliphatic carbocycles. The zero-order chi connectivity index (χ0) is 23.0. The van der Waals surface area contributed by atoms with Crippen LogP contribution in [0.3, 0.4) is 0 Å². The third-order valence-electron chi connectivity index (χ3n) is 6.30. The van der Waals surface area contributed by atoms with Crippen molar-refractivity contribution < 1.29 is 29.0 Å². The van der Waals surface area contributed by atoms with E-state index in [0.29, 0.717) is 12.8 Å². The van der Waals surface area contributed by atoms with Crippen molar-refractivity contribution >= 4 is 34.7 Å². The molecule has 0 spiro atoms. The summed E-state index contributed by atoms with van der Waals surface area (Å²) in [5.74, 6) is -1.19. The number of likely N-dealkylation sites (N-methyl/N-ethyl adjacent to an activating group) is 1. The SMILES string of the molecule is C[C@@H](C(=O)N[C@H]1CCO[C@H]2CCC(C(=O)n3ccc4ccccc43)N2C1=O)N(C)C(=O)O. The summed E-state index contributed by atoms with van der Waals surface area (Å²) in [6.07, 6.45) is 1.16. The Hall–Kier alpha value is -3.40. The highest BCUT2D eigenvalue weighted by atomic mass is 16.5. The summed E-state index contributed by atoms with van der Waals surface area (Å²) < 4.78 is 7.38. The maximum absolute atomic E-state index is 13.4. The van der Waals surface area contributed by atoms with Crippen LogP contribution in [0.25, 0.3) is 10.9 Å². The lowest BCUT2D eigenvalue weighted by Gasteiger charge is -2.30. The van der Waals surface area contributed by atoms with Gasteiger partial charge >= 0.3 is 6.09 Å². The van der Waals surface area contributed by atoms with Gasteiger partial charge in [0.05, 0.1) is 12.1 Å². The minimum Gasteiger partial charge on any atom is -0.465 e. The van der Waals surface area contributed by atoms with Gasteiger partial charge in [0.2, 0.25) is 11.8 Å². The molecule has 2 saturated heterocycles. The van der Waals surface area contributed by atoms with Gasteiger partial charge in [-0.25, -0.2) is 4.79 Å². The summed E-state index contributed by atoms with van der Waals surface area (Å²) in [6, 6.07) is 6.79. The molecule has 0 bridgehead atoms. The normalized spacial score (nSPS) is 24.0. The number of carbonyl (C=O) groups is 4. The van der Waals surface area contributed by atoms with E-state index in [1.807, 2.05) is 30.3 Å².